The molecule has 33 heavy (non-hydrogen) atoms. The summed E-state index contributed by atoms with van der Waals surface area (Å²) in [5.74, 6) is -1.66. The maximum Gasteiger partial charge on any atom is 0.416 e. The second-order valence-corrected chi connectivity index (χ2v) is 7.09. The number of amides is 1. The van der Waals surface area contributed by atoms with Gasteiger partial charge < -0.3 is 19.9 Å². The lowest BCUT2D eigenvalue weighted by atomic mass is 9.84. The summed E-state index contributed by atoms with van der Waals surface area (Å²) in [6.07, 6.45) is 2.06. The molecule has 11 heteroatoms. The first-order chi connectivity index (χ1) is 16.0. The van der Waals surface area contributed by atoms with Crippen LogP contribution in [-0.2, 0) is 16.8 Å². The number of rotatable bonds is 4. The third-order valence-electron chi connectivity index (χ3n) is 5.24. The van der Waals surface area contributed by atoms with Crippen LogP contribution in [0.5, 0.6) is 17.4 Å². The number of nitrogens with two attached hydrogens (primary N) is 1. The van der Waals surface area contributed by atoms with Crippen LogP contribution >= 0.6 is 0 Å². The quantitative estimate of drug-likeness (QED) is 0.630. The van der Waals surface area contributed by atoms with E-state index in [0.29, 0.717) is 5.56 Å². The second kappa shape index (κ2) is 8.94. The van der Waals surface area contributed by atoms with Gasteiger partial charge in [-0.3, -0.25) is 4.90 Å². The van der Waals surface area contributed by atoms with E-state index in [4.69, 9.17) is 19.9 Å². The van der Waals surface area contributed by atoms with Crippen LogP contribution in [-0.4, -0.2) is 39.4 Å². The predicted molar refractivity (Wildman–Crippen MR) is 113 cm³/mol. The molecule has 0 radical (unpaired) electrons. The van der Waals surface area contributed by atoms with E-state index in [1.165, 1.54) is 41.6 Å². The van der Waals surface area contributed by atoms with E-state index >= 15 is 0 Å². The van der Waals surface area contributed by atoms with Crippen molar-refractivity contribution in [2.45, 2.75) is 25.9 Å². The number of hydrogen-bond donors (Lipinski definition) is 1. The van der Waals surface area contributed by atoms with Crippen LogP contribution < -0.4 is 15.2 Å². The Morgan fingerprint density at radius 2 is 2.00 bits per heavy atom. The van der Waals surface area contributed by atoms with Crippen LogP contribution in [0.25, 0.3) is 0 Å². The molecule has 1 aromatic carbocycles. The molecule has 2 aliphatic rings. The van der Waals surface area contributed by atoms with Crippen molar-refractivity contribution in [2.24, 2.45) is 0 Å². The summed E-state index contributed by atoms with van der Waals surface area (Å²) in [6.45, 7) is 4.04. The molecule has 0 unspecified atom stereocenters. The van der Waals surface area contributed by atoms with Crippen LogP contribution in [0.4, 0.5) is 19.4 Å². The summed E-state index contributed by atoms with van der Waals surface area (Å²) in [4.78, 5) is 17.8. The fraction of sp³-hybridized carbons (Fsp3) is 0.273. The first-order valence-electron chi connectivity index (χ1n) is 10.2. The normalized spacial score (nSPS) is 15.6. The second-order valence-electron chi connectivity index (χ2n) is 7.09. The topological polar surface area (TPSA) is 113 Å². The Bertz CT molecular complexity index is 1170. The summed E-state index contributed by atoms with van der Waals surface area (Å²) in [7, 11) is 0. The number of hydrogen-bond acceptors (Lipinski definition) is 8. The largest absolute Gasteiger partial charge is 0.434 e. The van der Waals surface area contributed by atoms with Crippen molar-refractivity contribution in [3.63, 3.8) is 0 Å². The van der Waals surface area contributed by atoms with Gasteiger partial charge in [0.25, 0.3) is 0 Å². The summed E-state index contributed by atoms with van der Waals surface area (Å²) in [6, 6.07) is 7.01. The minimum atomic E-state index is -1.01. The van der Waals surface area contributed by atoms with Gasteiger partial charge in [-0.05, 0) is 18.2 Å². The summed E-state index contributed by atoms with van der Waals surface area (Å²) in [5, 5.41) is 7.42. The van der Waals surface area contributed by atoms with Crippen LogP contribution in [0, 0.1) is 11.6 Å². The molecule has 0 atom stereocenters. The molecule has 3 aromatic rings. The molecule has 0 saturated carbocycles. The number of halogens is 2. The molecule has 4 heterocycles. The summed E-state index contributed by atoms with van der Waals surface area (Å²) in [5.41, 5.74) is 5.07. The average molecular weight is 457 g/mol. The lowest BCUT2D eigenvalue weighted by Crippen LogP contribution is -2.63. The van der Waals surface area contributed by atoms with Gasteiger partial charge in [-0.2, -0.15) is 5.10 Å². The van der Waals surface area contributed by atoms with Crippen molar-refractivity contribution in [1.29, 1.82) is 0 Å². The maximum absolute atomic E-state index is 14.9. The summed E-state index contributed by atoms with van der Waals surface area (Å²) >= 11 is 0. The van der Waals surface area contributed by atoms with Gasteiger partial charge in [-0.25, -0.2) is 18.6 Å². The molecule has 1 spiro atoms. The van der Waals surface area contributed by atoms with Gasteiger partial charge in [-0.1, -0.05) is 13.8 Å². The van der Waals surface area contributed by atoms with Crippen molar-refractivity contribution in [2.75, 3.05) is 18.9 Å². The first kappa shape index (κ1) is 22.3. The zero-order valence-electron chi connectivity index (χ0n) is 17.9. The van der Waals surface area contributed by atoms with Crippen molar-refractivity contribution >= 4 is 11.9 Å². The Balaban J connectivity index is 0.00000126. The molecular weight excluding hydrogens is 436 g/mol. The van der Waals surface area contributed by atoms with Crippen LogP contribution in [0.3, 0.4) is 0 Å². The number of pyridine rings is 1. The van der Waals surface area contributed by atoms with Gasteiger partial charge in [0.15, 0.2) is 23.2 Å². The van der Waals surface area contributed by atoms with Crippen molar-refractivity contribution in [3.05, 3.63) is 65.5 Å². The third kappa shape index (κ3) is 3.91. The van der Waals surface area contributed by atoms with E-state index in [1.807, 2.05) is 13.8 Å². The van der Waals surface area contributed by atoms with E-state index in [-0.39, 0.29) is 48.5 Å². The van der Waals surface area contributed by atoms with Gasteiger partial charge in [0.2, 0.25) is 5.88 Å². The standard InChI is InChI=1S/C20H15F2N5O4.C2H6/c21-13-6-12-14(7-15(13)30-16-2-1-4-25-26-16)31-19(28)27(20(12)9-29-10-20)8-11-3-5-24-18(23)17(11)22;1-2/h1-7H,8-10H2,(H2,23,24);1-2H3. The highest BCUT2D eigenvalue weighted by atomic mass is 19.1. The lowest BCUT2D eigenvalue weighted by Gasteiger charge is -2.51. The third-order valence-corrected chi connectivity index (χ3v) is 5.24. The molecule has 0 aliphatic carbocycles. The minimum Gasteiger partial charge on any atom is -0.434 e. The lowest BCUT2D eigenvalue weighted by molar-refractivity contribution is -0.143. The smallest absolute Gasteiger partial charge is 0.416 e. The molecule has 2 aliphatic heterocycles. The van der Waals surface area contributed by atoms with E-state index < -0.39 is 23.3 Å². The highest BCUT2D eigenvalue weighted by Gasteiger charge is 2.54. The molecule has 1 saturated heterocycles. The number of anilines is 1. The zero-order valence-corrected chi connectivity index (χ0v) is 17.9. The minimum absolute atomic E-state index is 0.0811. The molecule has 0 bridgehead atoms. The zero-order chi connectivity index (χ0) is 23.6. The Morgan fingerprint density at radius 1 is 1.21 bits per heavy atom. The first-order valence-corrected chi connectivity index (χ1v) is 10.2. The predicted octanol–water partition coefficient (Wildman–Crippen LogP) is 3.79. The van der Waals surface area contributed by atoms with Gasteiger partial charge in [-0.15, -0.1) is 5.10 Å². The monoisotopic (exact) mass is 457 g/mol. The average Bonchev–Trinajstić information content (AvgIpc) is 2.79. The molecule has 1 amide bonds. The molecule has 1 fully saturated rings. The number of carbonyl (C=O) groups excluding carboxylic acids is 1. The van der Waals surface area contributed by atoms with Crippen molar-refractivity contribution in [3.8, 4) is 17.4 Å². The highest BCUT2D eigenvalue weighted by molar-refractivity contribution is 5.76. The number of ether oxygens (including phenoxy) is 3. The van der Waals surface area contributed by atoms with E-state index in [0.717, 1.165) is 0 Å². The van der Waals surface area contributed by atoms with E-state index in [9.17, 15) is 13.6 Å². The maximum atomic E-state index is 14.9. The highest BCUT2D eigenvalue weighted by Crippen LogP contribution is 2.47. The fourth-order valence-electron chi connectivity index (χ4n) is 3.60. The molecule has 2 aromatic heterocycles. The molecular formula is C22H21F2N5O4. The van der Waals surface area contributed by atoms with Gasteiger partial charge >= 0.3 is 6.09 Å². The summed E-state index contributed by atoms with van der Waals surface area (Å²) < 4.78 is 45.5. The molecule has 5 rings (SSSR count). The van der Waals surface area contributed by atoms with Crippen LogP contribution in [0.15, 0.2) is 42.7 Å². The number of nitrogen functional groups attached to an aromatic ring is 1. The van der Waals surface area contributed by atoms with Gasteiger partial charge in [0.1, 0.15) is 11.3 Å². The van der Waals surface area contributed by atoms with E-state index in [2.05, 4.69) is 15.2 Å². The molecule has 2 N–H and O–H groups in total. The SMILES string of the molecule is CC.Nc1nccc(CN2C(=O)Oc3cc(Oc4cccnn4)c(F)cc3C23COC3)c1F. The number of aromatic nitrogens is 3. The molecule has 9 nitrogen and oxygen atoms in total. The van der Waals surface area contributed by atoms with Crippen molar-refractivity contribution < 1.29 is 27.8 Å². The number of fused-ring (bicyclic) bond motifs is 2. The number of carbonyl (C=O) groups is 1. The molecule has 172 valence electrons. The Morgan fingerprint density at radius 3 is 2.67 bits per heavy atom. The van der Waals surface area contributed by atoms with E-state index in [1.54, 1.807) is 6.07 Å². The Hall–Kier alpha value is -3.86. The van der Waals surface area contributed by atoms with Crippen LogP contribution in [0.2, 0.25) is 0 Å². The number of nitrogens with zero attached hydrogens (tertiary/aromatic N) is 4. The van der Waals surface area contributed by atoms with Crippen LogP contribution in [0.1, 0.15) is 25.0 Å². The van der Waals surface area contributed by atoms with Gasteiger partial charge in [0.05, 0.1) is 19.8 Å². The Labute approximate surface area is 188 Å². The fourth-order valence-corrected chi connectivity index (χ4v) is 3.60. The Kier molecular flexibility index (Phi) is 6.05. The van der Waals surface area contributed by atoms with Gasteiger partial charge in [0, 0.05) is 35.7 Å². The van der Waals surface area contributed by atoms with Crippen molar-refractivity contribution in [1.82, 2.24) is 20.1 Å². The number of benzene rings is 1.